The molecular formula is C9H10BrNaO2S. The molecule has 0 bridgehead atoms. The smallest absolute Gasteiger partial charge is 0.768 e. The number of rotatable bonds is 2. The molecule has 1 aromatic carbocycles. The molecule has 0 heterocycles. The minimum Gasteiger partial charge on any atom is -0.768 e. The van der Waals surface area contributed by atoms with Crippen molar-refractivity contribution >= 4 is 27.0 Å². The fraction of sp³-hybridized carbons (Fsp3) is 0.333. The van der Waals surface area contributed by atoms with Crippen molar-refractivity contribution in [3.05, 3.63) is 28.2 Å². The Bertz CT molecular complexity index is 342. The van der Waals surface area contributed by atoms with E-state index in [0.29, 0.717) is 4.90 Å². The molecule has 0 aliphatic carbocycles. The summed E-state index contributed by atoms with van der Waals surface area (Å²) >= 11 is 1.17. The molecule has 0 fully saturated rings. The second-order valence-electron chi connectivity index (χ2n) is 3.07. The predicted octanol–water partition coefficient (Wildman–Crippen LogP) is -0.186. The Kier molecular flexibility index (Phi) is 6.78. The normalized spacial score (nSPS) is 12.4. The third kappa shape index (κ3) is 3.76. The first-order valence-corrected chi connectivity index (χ1v) is 5.78. The zero-order valence-corrected chi connectivity index (χ0v) is 12.8. The van der Waals surface area contributed by atoms with Crippen LogP contribution in [0.2, 0.25) is 0 Å². The van der Waals surface area contributed by atoms with Gasteiger partial charge in [-0.15, -0.1) is 0 Å². The second kappa shape index (κ2) is 6.40. The van der Waals surface area contributed by atoms with Crippen LogP contribution in [0.15, 0.2) is 27.6 Å². The average Bonchev–Trinajstić information content (AvgIpc) is 2.03. The van der Waals surface area contributed by atoms with E-state index in [-0.39, 0.29) is 35.5 Å². The van der Waals surface area contributed by atoms with E-state index < -0.39 is 11.1 Å². The Morgan fingerprint density at radius 2 is 2.00 bits per heavy atom. The van der Waals surface area contributed by atoms with Crippen LogP contribution in [0.3, 0.4) is 0 Å². The van der Waals surface area contributed by atoms with Gasteiger partial charge in [0.1, 0.15) is 0 Å². The SMILES string of the molecule is CC(C)c1cc(Br)ccc1S(=O)[O-].[Na+]. The van der Waals surface area contributed by atoms with Crippen LogP contribution >= 0.6 is 15.9 Å². The van der Waals surface area contributed by atoms with Crippen LogP contribution in [0, 0.1) is 0 Å². The summed E-state index contributed by atoms with van der Waals surface area (Å²) < 4.78 is 22.6. The van der Waals surface area contributed by atoms with Crippen LogP contribution in [-0.4, -0.2) is 8.76 Å². The standard InChI is InChI=1S/C9H11BrO2S.Na/c1-6(2)8-5-7(10)3-4-9(8)13(11)12;/h3-6H,1-2H3,(H,11,12);/q;+1/p-1. The molecule has 2 nitrogen and oxygen atoms in total. The Labute approximate surface area is 117 Å². The van der Waals surface area contributed by atoms with E-state index in [4.69, 9.17) is 0 Å². The molecule has 1 atom stereocenters. The van der Waals surface area contributed by atoms with Gasteiger partial charge in [0, 0.05) is 9.37 Å². The molecule has 0 aliphatic rings. The Hall–Kier alpha value is 0.810. The Balaban J connectivity index is 0.00000169. The quantitative estimate of drug-likeness (QED) is 0.558. The number of hydrogen-bond donors (Lipinski definition) is 0. The molecule has 1 unspecified atom stereocenters. The van der Waals surface area contributed by atoms with Gasteiger partial charge in [-0.05, 0) is 40.8 Å². The van der Waals surface area contributed by atoms with Crippen LogP contribution in [0.25, 0.3) is 0 Å². The predicted molar refractivity (Wildman–Crippen MR) is 55.4 cm³/mol. The second-order valence-corrected chi connectivity index (χ2v) is 4.90. The van der Waals surface area contributed by atoms with E-state index in [1.165, 1.54) is 0 Å². The van der Waals surface area contributed by atoms with Gasteiger partial charge in [-0.25, -0.2) is 0 Å². The van der Waals surface area contributed by atoms with Gasteiger partial charge in [0.25, 0.3) is 0 Å². The molecule has 0 radical (unpaired) electrons. The summed E-state index contributed by atoms with van der Waals surface area (Å²) in [6.45, 7) is 3.94. The Morgan fingerprint density at radius 3 is 2.43 bits per heavy atom. The van der Waals surface area contributed by atoms with Gasteiger partial charge >= 0.3 is 29.6 Å². The first-order valence-electron chi connectivity index (χ1n) is 3.91. The molecule has 0 aliphatic heterocycles. The van der Waals surface area contributed by atoms with Gasteiger partial charge in [-0.2, -0.15) is 0 Å². The fourth-order valence-electron chi connectivity index (χ4n) is 1.12. The molecule has 0 saturated heterocycles. The van der Waals surface area contributed by atoms with Crippen molar-refractivity contribution in [3.63, 3.8) is 0 Å². The van der Waals surface area contributed by atoms with Crippen LogP contribution in [0.1, 0.15) is 25.3 Å². The van der Waals surface area contributed by atoms with Crippen LogP contribution in [0.4, 0.5) is 0 Å². The first kappa shape index (κ1) is 14.8. The maximum atomic E-state index is 10.8. The van der Waals surface area contributed by atoms with Crippen LogP contribution in [0.5, 0.6) is 0 Å². The minimum atomic E-state index is -2.14. The third-order valence-corrected chi connectivity index (χ3v) is 3.00. The monoisotopic (exact) mass is 284 g/mol. The third-order valence-electron chi connectivity index (χ3n) is 1.77. The summed E-state index contributed by atoms with van der Waals surface area (Å²) in [6, 6.07) is 5.19. The van der Waals surface area contributed by atoms with E-state index in [1.807, 2.05) is 19.9 Å². The van der Waals surface area contributed by atoms with Crippen molar-refractivity contribution in [2.45, 2.75) is 24.7 Å². The van der Waals surface area contributed by atoms with Crippen LogP contribution < -0.4 is 29.6 Å². The van der Waals surface area contributed by atoms with Gasteiger partial charge in [0.2, 0.25) is 0 Å². The molecule has 14 heavy (non-hydrogen) atoms. The molecule has 1 rings (SSSR count). The van der Waals surface area contributed by atoms with Crippen molar-refractivity contribution < 1.29 is 38.3 Å². The molecule has 5 heteroatoms. The first-order chi connectivity index (χ1) is 6.02. The van der Waals surface area contributed by atoms with Crippen molar-refractivity contribution in [2.75, 3.05) is 0 Å². The molecular weight excluding hydrogens is 275 g/mol. The molecule has 0 aromatic heterocycles. The van der Waals surface area contributed by atoms with Crippen LogP contribution in [-0.2, 0) is 11.1 Å². The van der Waals surface area contributed by atoms with Gasteiger partial charge < -0.3 is 4.55 Å². The zero-order chi connectivity index (χ0) is 10.0. The summed E-state index contributed by atoms with van der Waals surface area (Å²) in [6.07, 6.45) is 0. The molecule has 72 valence electrons. The maximum Gasteiger partial charge on any atom is 1.00 e. The molecule has 0 amide bonds. The molecule has 0 saturated carbocycles. The molecule has 0 spiro atoms. The Morgan fingerprint density at radius 1 is 1.43 bits per heavy atom. The van der Waals surface area contributed by atoms with E-state index in [1.54, 1.807) is 12.1 Å². The summed E-state index contributed by atoms with van der Waals surface area (Å²) in [5.74, 6) is 0.213. The minimum absolute atomic E-state index is 0. The topological polar surface area (TPSA) is 40.1 Å². The van der Waals surface area contributed by atoms with Gasteiger partial charge in [0.15, 0.2) is 0 Å². The number of halogens is 1. The molecule has 1 aromatic rings. The number of hydrogen-bond acceptors (Lipinski definition) is 2. The van der Waals surface area contributed by atoms with Gasteiger partial charge in [-0.3, -0.25) is 4.21 Å². The van der Waals surface area contributed by atoms with E-state index in [9.17, 15) is 8.76 Å². The largest absolute Gasteiger partial charge is 1.00 e. The zero-order valence-electron chi connectivity index (χ0n) is 8.41. The summed E-state index contributed by atoms with van der Waals surface area (Å²) in [7, 11) is 0. The average molecular weight is 285 g/mol. The van der Waals surface area contributed by atoms with E-state index >= 15 is 0 Å². The van der Waals surface area contributed by atoms with E-state index in [2.05, 4.69) is 15.9 Å². The van der Waals surface area contributed by atoms with Crippen molar-refractivity contribution in [3.8, 4) is 0 Å². The maximum absolute atomic E-state index is 10.8. The van der Waals surface area contributed by atoms with Crippen molar-refractivity contribution in [2.24, 2.45) is 0 Å². The number of benzene rings is 1. The van der Waals surface area contributed by atoms with Crippen molar-refractivity contribution in [1.82, 2.24) is 0 Å². The fourth-order valence-corrected chi connectivity index (χ4v) is 2.17. The summed E-state index contributed by atoms with van der Waals surface area (Å²) in [5, 5.41) is 0. The van der Waals surface area contributed by atoms with E-state index in [0.717, 1.165) is 10.0 Å². The van der Waals surface area contributed by atoms with Gasteiger partial charge in [0.05, 0.1) is 0 Å². The molecule has 0 N–H and O–H groups in total. The summed E-state index contributed by atoms with van der Waals surface area (Å²) in [5.41, 5.74) is 0.850. The van der Waals surface area contributed by atoms with Gasteiger partial charge in [-0.1, -0.05) is 29.8 Å². The summed E-state index contributed by atoms with van der Waals surface area (Å²) in [4.78, 5) is 0.387. The van der Waals surface area contributed by atoms with Crippen molar-refractivity contribution in [1.29, 1.82) is 0 Å².